The first kappa shape index (κ1) is 15.4. The SMILES string of the molecule is CC(C)(C)CC(=O)NCC1(O)CSCc2ccccc21. The van der Waals surface area contributed by atoms with Crippen molar-refractivity contribution in [1.82, 2.24) is 5.32 Å². The van der Waals surface area contributed by atoms with E-state index in [2.05, 4.69) is 5.32 Å². The van der Waals surface area contributed by atoms with Gasteiger partial charge in [0.25, 0.3) is 0 Å². The maximum Gasteiger partial charge on any atom is 0.220 e. The lowest BCUT2D eigenvalue weighted by Gasteiger charge is -2.34. The molecule has 110 valence electrons. The molecule has 1 unspecified atom stereocenters. The molecule has 0 bridgehead atoms. The van der Waals surface area contributed by atoms with Gasteiger partial charge < -0.3 is 10.4 Å². The van der Waals surface area contributed by atoms with Crippen LogP contribution in [0.2, 0.25) is 0 Å². The van der Waals surface area contributed by atoms with E-state index in [9.17, 15) is 9.90 Å². The third-order valence-electron chi connectivity index (χ3n) is 3.39. The first-order valence-electron chi connectivity index (χ1n) is 6.95. The molecule has 1 amide bonds. The van der Waals surface area contributed by atoms with Crippen molar-refractivity contribution in [3.05, 3.63) is 35.4 Å². The van der Waals surface area contributed by atoms with Crippen molar-refractivity contribution >= 4 is 17.7 Å². The summed E-state index contributed by atoms with van der Waals surface area (Å²) >= 11 is 1.71. The van der Waals surface area contributed by atoms with E-state index in [1.54, 1.807) is 11.8 Å². The van der Waals surface area contributed by atoms with Gasteiger partial charge >= 0.3 is 0 Å². The van der Waals surface area contributed by atoms with Crippen LogP contribution in [0.1, 0.15) is 38.3 Å². The summed E-state index contributed by atoms with van der Waals surface area (Å²) in [5.41, 5.74) is 1.13. The molecular formula is C16H23NO2S. The molecule has 20 heavy (non-hydrogen) atoms. The number of amides is 1. The second-order valence-electron chi connectivity index (χ2n) is 6.70. The number of benzene rings is 1. The highest BCUT2D eigenvalue weighted by Crippen LogP contribution is 2.35. The first-order chi connectivity index (χ1) is 9.30. The van der Waals surface area contributed by atoms with Crippen LogP contribution in [0.5, 0.6) is 0 Å². The summed E-state index contributed by atoms with van der Waals surface area (Å²) in [5.74, 6) is 1.55. The van der Waals surface area contributed by atoms with Gasteiger partial charge in [-0.25, -0.2) is 0 Å². The molecular weight excluding hydrogens is 270 g/mol. The van der Waals surface area contributed by atoms with Crippen molar-refractivity contribution in [3.8, 4) is 0 Å². The van der Waals surface area contributed by atoms with E-state index in [0.717, 1.165) is 16.9 Å². The monoisotopic (exact) mass is 293 g/mol. The van der Waals surface area contributed by atoms with E-state index < -0.39 is 5.60 Å². The third kappa shape index (κ3) is 3.76. The van der Waals surface area contributed by atoms with Gasteiger partial charge in [-0.1, -0.05) is 45.0 Å². The van der Waals surface area contributed by atoms with Crippen LogP contribution in [-0.2, 0) is 16.1 Å². The molecule has 0 fully saturated rings. The summed E-state index contributed by atoms with van der Waals surface area (Å²) in [7, 11) is 0. The van der Waals surface area contributed by atoms with Crippen LogP contribution < -0.4 is 5.32 Å². The summed E-state index contributed by atoms with van der Waals surface area (Å²) < 4.78 is 0. The van der Waals surface area contributed by atoms with Crippen molar-refractivity contribution < 1.29 is 9.90 Å². The maximum atomic E-state index is 11.9. The second kappa shape index (κ2) is 5.78. The molecule has 4 heteroatoms. The van der Waals surface area contributed by atoms with Gasteiger partial charge in [0.05, 0.1) is 6.54 Å². The molecule has 1 aliphatic heterocycles. The fourth-order valence-electron chi connectivity index (χ4n) is 2.44. The van der Waals surface area contributed by atoms with Crippen LogP contribution in [0.15, 0.2) is 24.3 Å². The highest BCUT2D eigenvalue weighted by Gasteiger charge is 2.35. The van der Waals surface area contributed by atoms with E-state index in [1.165, 1.54) is 0 Å². The Morgan fingerprint density at radius 2 is 2.10 bits per heavy atom. The number of fused-ring (bicyclic) bond motifs is 1. The number of nitrogens with one attached hydrogen (secondary N) is 1. The molecule has 1 atom stereocenters. The van der Waals surface area contributed by atoms with Crippen LogP contribution >= 0.6 is 11.8 Å². The Morgan fingerprint density at radius 3 is 2.80 bits per heavy atom. The highest BCUT2D eigenvalue weighted by atomic mass is 32.2. The number of hydrogen-bond donors (Lipinski definition) is 2. The van der Waals surface area contributed by atoms with Crippen molar-refractivity contribution in [1.29, 1.82) is 0 Å². The largest absolute Gasteiger partial charge is 0.382 e. The summed E-state index contributed by atoms with van der Waals surface area (Å²) in [6.07, 6.45) is 0.470. The summed E-state index contributed by atoms with van der Waals surface area (Å²) in [4.78, 5) is 11.9. The zero-order valence-electron chi connectivity index (χ0n) is 12.4. The smallest absolute Gasteiger partial charge is 0.220 e. The number of carbonyl (C=O) groups is 1. The van der Waals surface area contributed by atoms with Gasteiger partial charge in [-0.2, -0.15) is 11.8 Å². The zero-order valence-corrected chi connectivity index (χ0v) is 13.2. The van der Waals surface area contributed by atoms with Crippen LogP contribution in [0.4, 0.5) is 0 Å². The first-order valence-corrected chi connectivity index (χ1v) is 8.11. The minimum absolute atomic E-state index is 0.000945. The normalized spacial score (nSPS) is 22.2. The van der Waals surface area contributed by atoms with Crippen molar-refractivity contribution in [2.75, 3.05) is 12.3 Å². The minimum atomic E-state index is -0.951. The standard InChI is InChI=1S/C16H23NO2S/c1-15(2,3)8-14(18)17-10-16(19)11-20-9-12-6-4-5-7-13(12)16/h4-7,19H,8-11H2,1-3H3,(H,17,18). The Kier molecular flexibility index (Phi) is 4.45. The zero-order chi connectivity index (χ0) is 14.8. The molecule has 1 aromatic rings. The molecule has 2 rings (SSSR count). The van der Waals surface area contributed by atoms with Gasteiger partial charge in [-0.3, -0.25) is 4.79 Å². The van der Waals surface area contributed by atoms with Gasteiger partial charge in [-0.05, 0) is 16.5 Å². The molecule has 1 heterocycles. The second-order valence-corrected chi connectivity index (χ2v) is 7.68. The Balaban J connectivity index is 2.04. The van der Waals surface area contributed by atoms with Crippen LogP contribution in [0.25, 0.3) is 0 Å². The topological polar surface area (TPSA) is 49.3 Å². The molecule has 0 aliphatic carbocycles. The van der Waals surface area contributed by atoms with Gasteiger partial charge in [-0.15, -0.1) is 0 Å². The lowest BCUT2D eigenvalue weighted by atomic mass is 9.90. The number of thioether (sulfide) groups is 1. The van der Waals surface area contributed by atoms with E-state index in [0.29, 0.717) is 12.2 Å². The Bertz CT molecular complexity index is 495. The van der Waals surface area contributed by atoms with E-state index in [1.807, 2.05) is 45.0 Å². The average molecular weight is 293 g/mol. The van der Waals surface area contributed by atoms with E-state index >= 15 is 0 Å². The van der Waals surface area contributed by atoms with Crippen molar-refractivity contribution in [2.45, 2.75) is 38.5 Å². The highest BCUT2D eigenvalue weighted by molar-refractivity contribution is 7.98. The summed E-state index contributed by atoms with van der Waals surface area (Å²) in [5, 5.41) is 13.7. The third-order valence-corrected chi connectivity index (χ3v) is 4.58. The lowest BCUT2D eigenvalue weighted by Crippen LogP contribution is -2.45. The van der Waals surface area contributed by atoms with Gasteiger partial charge in [0.15, 0.2) is 0 Å². The van der Waals surface area contributed by atoms with Crippen molar-refractivity contribution in [2.24, 2.45) is 5.41 Å². The fourth-order valence-corrected chi connectivity index (χ4v) is 3.61. The molecule has 3 nitrogen and oxygen atoms in total. The molecule has 2 N–H and O–H groups in total. The minimum Gasteiger partial charge on any atom is -0.382 e. The average Bonchev–Trinajstić information content (AvgIpc) is 2.35. The summed E-state index contributed by atoms with van der Waals surface area (Å²) in [6.45, 7) is 6.39. The molecule has 0 saturated heterocycles. The van der Waals surface area contributed by atoms with E-state index in [4.69, 9.17) is 0 Å². The van der Waals surface area contributed by atoms with Gasteiger partial charge in [0.2, 0.25) is 5.91 Å². The number of rotatable bonds is 3. The molecule has 0 aromatic heterocycles. The Morgan fingerprint density at radius 1 is 1.40 bits per heavy atom. The van der Waals surface area contributed by atoms with Gasteiger partial charge in [0, 0.05) is 17.9 Å². The fraction of sp³-hybridized carbons (Fsp3) is 0.562. The van der Waals surface area contributed by atoms with Crippen LogP contribution in [0, 0.1) is 5.41 Å². The molecule has 0 radical (unpaired) electrons. The molecule has 0 saturated carbocycles. The molecule has 1 aliphatic rings. The van der Waals surface area contributed by atoms with E-state index in [-0.39, 0.29) is 17.9 Å². The maximum absolute atomic E-state index is 11.9. The quantitative estimate of drug-likeness (QED) is 0.901. The Hall–Kier alpha value is -1.00. The van der Waals surface area contributed by atoms with Crippen LogP contribution in [-0.4, -0.2) is 23.3 Å². The summed E-state index contributed by atoms with van der Waals surface area (Å²) in [6, 6.07) is 7.94. The predicted molar refractivity (Wildman–Crippen MR) is 83.6 cm³/mol. The van der Waals surface area contributed by atoms with Gasteiger partial charge in [0.1, 0.15) is 5.60 Å². The number of carbonyl (C=O) groups excluding carboxylic acids is 1. The molecule has 0 spiro atoms. The molecule has 1 aromatic carbocycles. The van der Waals surface area contributed by atoms with Crippen LogP contribution in [0.3, 0.4) is 0 Å². The number of hydrogen-bond acceptors (Lipinski definition) is 3. The lowest BCUT2D eigenvalue weighted by molar-refractivity contribution is -0.124. The van der Waals surface area contributed by atoms with Crippen molar-refractivity contribution in [3.63, 3.8) is 0 Å². The number of aliphatic hydroxyl groups is 1. The predicted octanol–water partition coefficient (Wildman–Crippen LogP) is 2.67. The Labute approximate surface area is 125 Å².